The number of thiazole rings is 1. The Hall–Kier alpha value is -0.930. The lowest BCUT2D eigenvalue weighted by atomic mass is 10.2. The lowest BCUT2D eigenvalue weighted by Crippen LogP contribution is -2.30. The molecule has 0 spiro atoms. The highest BCUT2D eigenvalue weighted by molar-refractivity contribution is 7.18. The van der Waals surface area contributed by atoms with Gasteiger partial charge in [-0.1, -0.05) is 12.1 Å². The van der Waals surface area contributed by atoms with E-state index < -0.39 is 0 Å². The number of likely N-dealkylation sites (tertiary alicyclic amines) is 1. The first kappa shape index (κ1) is 11.2. The maximum Gasteiger partial charge on any atom is 0.111 e. The molecule has 0 N–H and O–H groups in total. The molecule has 2 aromatic rings. The highest BCUT2D eigenvalue weighted by Gasteiger charge is 2.30. The van der Waals surface area contributed by atoms with E-state index in [-0.39, 0.29) is 0 Å². The minimum Gasteiger partial charge on any atom is -0.292 e. The monoisotopic (exact) mass is 246 g/mol. The van der Waals surface area contributed by atoms with Crippen molar-refractivity contribution in [3.8, 4) is 0 Å². The lowest BCUT2D eigenvalue weighted by Gasteiger charge is -2.26. The maximum atomic E-state index is 4.80. The normalized spacial score (nSPS) is 21.7. The average molecular weight is 246 g/mol. The Morgan fingerprint density at radius 1 is 1.35 bits per heavy atom. The van der Waals surface area contributed by atoms with Crippen molar-refractivity contribution in [1.82, 2.24) is 9.88 Å². The molecule has 0 aliphatic carbocycles. The second kappa shape index (κ2) is 4.39. The molecule has 2 nitrogen and oxygen atoms in total. The smallest absolute Gasteiger partial charge is 0.111 e. The molecule has 1 saturated heterocycles. The second-order valence-electron chi connectivity index (χ2n) is 5.01. The van der Waals surface area contributed by atoms with E-state index in [1.54, 1.807) is 0 Å². The van der Waals surface area contributed by atoms with Gasteiger partial charge >= 0.3 is 0 Å². The summed E-state index contributed by atoms with van der Waals surface area (Å²) >= 11 is 1.86. The average Bonchev–Trinajstić information content (AvgIpc) is 2.95. The van der Waals surface area contributed by atoms with E-state index in [0.29, 0.717) is 12.1 Å². The van der Waals surface area contributed by atoms with Crippen molar-refractivity contribution in [3.63, 3.8) is 0 Å². The van der Waals surface area contributed by atoms with Crippen LogP contribution in [-0.4, -0.2) is 22.5 Å². The predicted molar refractivity (Wildman–Crippen MR) is 73.4 cm³/mol. The maximum absolute atomic E-state index is 4.80. The summed E-state index contributed by atoms with van der Waals surface area (Å²) in [5.41, 5.74) is 1.16. The molecule has 0 bridgehead atoms. The Morgan fingerprint density at radius 3 is 2.94 bits per heavy atom. The minimum atomic E-state index is 0.549. The second-order valence-corrected chi connectivity index (χ2v) is 6.07. The van der Waals surface area contributed by atoms with Crippen LogP contribution in [0.25, 0.3) is 10.2 Å². The summed E-state index contributed by atoms with van der Waals surface area (Å²) in [5.74, 6) is 0. The summed E-state index contributed by atoms with van der Waals surface area (Å²) in [6.45, 7) is 5.79. The highest BCUT2D eigenvalue weighted by atomic mass is 32.1. The van der Waals surface area contributed by atoms with Crippen LogP contribution < -0.4 is 0 Å². The summed E-state index contributed by atoms with van der Waals surface area (Å²) in [7, 11) is 0. The number of rotatable bonds is 2. The standard InChI is InChI=1S/C14H18N2S/c1-10(2)16-9-5-7-12(16)14-15-11-6-3-4-8-13(11)17-14/h3-4,6,8,10,12H,5,7,9H2,1-2H3. The lowest BCUT2D eigenvalue weighted by molar-refractivity contribution is 0.205. The predicted octanol–water partition coefficient (Wildman–Crippen LogP) is 3.84. The van der Waals surface area contributed by atoms with Crippen LogP contribution in [0.15, 0.2) is 24.3 Å². The number of hydrogen-bond acceptors (Lipinski definition) is 3. The number of para-hydroxylation sites is 1. The minimum absolute atomic E-state index is 0.549. The molecule has 0 radical (unpaired) electrons. The van der Waals surface area contributed by atoms with Crippen LogP contribution in [-0.2, 0) is 0 Å². The van der Waals surface area contributed by atoms with Gasteiger partial charge in [0, 0.05) is 6.04 Å². The zero-order chi connectivity index (χ0) is 11.8. The molecule has 3 heteroatoms. The van der Waals surface area contributed by atoms with E-state index >= 15 is 0 Å². The highest BCUT2D eigenvalue weighted by Crippen LogP contribution is 2.37. The molecule has 0 amide bonds. The van der Waals surface area contributed by atoms with Crippen molar-refractivity contribution in [2.45, 2.75) is 38.8 Å². The molecule has 1 aliphatic rings. The van der Waals surface area contributed by atoms with Crippen LogP contribution >= 0.6 is 11.3 Å². The van der Waals surface area contributed by atoms with Crippen LogP contribution in [0.4, 0.5) is 0 Å². The third-order valence-corrected chi connectivity index (χ3v) is 4.69. The van der Waals surface area contributed by atoms with E-state index in [1.807, 2.05) is 11.3 Å². The van der Waals surface area contributed by atoms with Crippen molar-refractivity contribution in [2.24, 2.45) is 0 Å². The fourth-order valence-corrected chi connectivity index (χ4v) is 3.83. The molecule has 90 valence electrons. The molecule has 0 saturated carbocycles. The van der Waals surface area contributed by atoms with Crippen molar-refractivity contribution in [3.05, 3.63) is 29.3 Å². The van der Waals surface area contributed by atoms with Crippen LogP contribution in [0.5, 0.6) is 0 Å². The van der Waals surface area contributed by atoms with Crippen LogP contribution in [0.3, 0.4) is 0 Å². The Labute approximate surface area is 106 Å². The van der Waals surface area contributed by atoms with Gasteiger partial charge in [-0.05, 0) is 45.4 Å². The Kier molecular flexibility index (Phi) is 2.89. The fourth-order valence-electron chi connectivity index (χ4n) is 2.70. The molecule has 1 aromatic carbocycles. The Morgan fingerprint density at radius 2 is 2.18 bits per heavy atom. The van der Waals surface area contributed by atoms with Gasteiger partial charge in [-0.15, -0.1) is 11.3 Å². The van der Waals surface area contributed by atoms with Gasteiger partial charge in [0.05, 0.1) is 16.3 Å². The summed E-state index contributed by atoms with van der Waals surface area (Å²) < 4.78 is 1.32. The summed E-state index contributed by atoms with van der Waals surface area (Å²) in [6.07, 6.45) is 2.57. The van der Waals surface area contributed by atoms with Gasteiger partial charge in [-0.3, -0.25) is 4.90 Å². The Bertz CT molecular complexity index is 485. The molecular weight excluding hydrogens is 228 g/mol. The summed E-state index contributed by atoms with van der Waals surface area (Å²) in [6, 6.07) is 9.62. The molecule has 1 unspecified atom stereocenters. The van der Waals surface area contributed by atoms with Crippen molar-refractivity contribution in [1.29, 1.82) is 0 Å². The first-order valence-corrected chi connectivity index (χ1v) is 7.18. The van der Waals surface area contributed by atoms with Crippen molar-refractivity contribution < 1.29 is 0 Å². The van der Waals surface area contributed by atoms with E-state index in [0.717, 1.165) is 5.52 Å². The largest absolute Gasteiger partial charge is 0.292 e. The number of nitrogens with zero attached hydrogens (tertiary/aromatic N) is 2. The van der Waals surface area contributed by atoms with Gasteiger partial charge in [-0.2, -0.15) is 0 Å². The van der Waals surface area contributed by atoms with E-state index in [1.165, 1.54) is 29.1 Å². The van der Waals surface area contributed by atoms with Gasteiger partial charge < -0.3 is 0 Å². The topological polar surface area (TPSA) is 16.1 Å². The van der Waals surface area contributed by atoms with Gasteiger partial charge in [-0.25, -0.2) is 4.98 Å². The first-order valence-electron chi connectivity index (χ1n) is 6.37. The van der Waals surface area contributed by atoms with E-state index in [2.05, 4.69) is 43.0 Å². The zero-order valence-electron chi connectivity index (χ0n) is 10.4. The molecule has 1 aromatic heterocycles. The molecule has 17 heavy (non-hydrogen) atoms. The first-order chi connectivity index (χ1) is 8.25. The molecule has 1 fully saturated rings. The molecule has 1 aliphatic heterocycles. The SMILES string of the molecule is CC(C)N1CCCC1c1nc2ccccc2s1. The van der Waals surface area contributed by atoms with E-state index in [9.17, 15) is 0 Å². The van der Waals surface area contributed by atoms with Crippen molar-refractivity contribution >= 4 is 21.6 Å². The molecule has 3 rings (SSSR count). The van der Waals surface area contributed by atoms with Gasteiger partial charge in [0.2, 0.25) is 0 Å². The number of benzene rings is 1. The van der Waals surface area contributed by atoms with E-state index in [4.69, 9.17) is 4.98 Å². The molecule has 2 heterocycles. The van der Waals surface area contributed by atoms with Gasteiger partial charge in [0.1, 0.15) is 5.01 Å². The Balaban J connectivity index is 1.97. The number of hydrogen-bond donors (Lipinski definition) is 0. The van der Waals surface area contributed by atoms with Crippen molar-refractivity contribution in [2.75, 3.05) is 6.54 Å². The van der Waals surface area contributed by atoms with Gasteiger partial charge in [0.15, 0.2) is 0 Å². The quantitative estimate of drug-likeness (QED) is 0.800. The van der Waals surface area contributed by atoms with Crippen LogP contribution in [0.2, 0.25) is 0 Å². The third kappa shape index (κ3) is 1.98. The number of fused-ring (bicyclic) bond motifs is 1. The molecular formula is C14H18N2S. The van der Waals surface area contributed by atoms with Crippen LogP contribution in [0, 0.1) is 0 Å². The summed E-state index contributed by atoms with van der Waals surface area (Å²) in [5, 5.41) is 1.30. The third-order valence-electron chi connectivity index (χ3n) is 3.55. The van der Waals surface area contributed by atoms with Crippen LogP contribution in [0.1, 0.15) is 37.7 Å². The van der Waals surface area contributed by atoms with Gasteiger partial charge in [0.25, 0.3) is 0 Å². The fraction of sp³-hybridized carbons (Fsp3) is 0.500. The number of aromatic nitrogens is 1. The zero-order valence-corrected chi connectivity index (χ0v) is 11.2. The molecule has 1 atom stereocenters. The summed E-state index contributed by atoms with van der Waals surface area (Å²) in [4.78, 5) is 7.39.